The lowest BCUT2D eigenvalue weighted by Gasteiger charge is -2.11. The topological polar surface area (TPSA) is 48.2 Å². The molecule has 8 heteroatoms. The summed E-state index contributed by atoms with van der Waals surface area (Å²) in [5.74, 6) is -1.09. The van der Waals surface area contributed by atoms with E-state index in [1.165, 1.54) is 6.92 Å². The lowest BCUT2D eigenvalue weighted by Crippen LogP contribution is -2.13. The number of thioether (sulfide) groups is 1. The number of hydrogen-bond acceptors (Lipinski definition) is 3. The molecule has 19 heavy (non-hydrogen) atoms. The van der Waals surface area contributed by atoms with E-state index in [0.29, 0.717) is 6.07 Å². The number of aryl methyl sites for hydroxylation is 1. The second-order valence-electron chi connectivity index (χ2n) is 3.47. The third-order valence-corrected chi connectivity index (χ3v) is 2.76. The third-order valence-electron chi connectivity index (χ3n) is 2.18. The monoisotopic (exact) mass is 291 g/mol. The van der Waals surface area contributed by atoms with Crippen molar-refractivity contribution in [1.29, 1.82) is 5.26 Å². The summed E-state index contributed by atoms with van der Waals surface area (Å²) < 4.78 is 51.2. The molecule has 3 nitrogen and oxygen atoms in total. The van der Waals surface area contributed by atoms with Gasteiger partial charge in [-0.05, 0) is 30.9 Å². The molecule has 0 aliphatic heterocycles. The van der Waals surface area contributed by atoms with Crippen molar-refractivity contribution < 1.29 is 17.6 Å². The number of aliphatic imine (C=N–C) groups is 1. The maximum Gasteiger partial charge on any atom is 0.416 e. The molecule has 0 fully saturated rings. The van der Waals surface area contributed by atoms with Gasteiger partial charge in [-0.3, -0.25) is 5.32 Å². The van der Waals surface area contributed by atoms with Gasteiger partial charge in [-0.2, -0.15) is 18.4 Å². The predicted octanol–water partition coefficient (Wildman–Crippen LogP) is 3.57. The van der Waals surface area contributed by atoms with Gasteiger partial charge < -0.3 is 0 Å². The zero-order valence-electron chi connectivity index (χ0n) is 9.97. The average molecular weight is 291 g/mol. The third kappa shape index (κ3) is 3.86. The van der Waals surface area contributed by atoms with E-state index in [1.807, 2.05) is 0 Å². The highest BCUT2D eigenvalue weighted by molar-refractivity contribution is 8.13. The molecule has 102 valence electrons. The van der Waals surface area contributed by atoms with Crippen LogP contribution in [0.5, 0.6) is 0 Å². The molecule has 0 aliphatic carbocycles. The van der Waals surface area contributed by atoms with Crippen molar-refractivity contribution in [2.45, 2.75) is 13.1 Å². The van der Waals surface area contributed by atoms with Crippen LogP contribution < -0.4 is 5.32 Å². The number of amidine groups is 1. The molecular formula is C11H9F4N3S. The number of hydrogen-bond donors (Lipinski definition) is 1. The van der Waals surface area contributed by atoms with Crippen molar-refractivity contribution in [3.63, 3.8) is 0 Å². The number of rotatable bonds is 1. The molecule has 1 rings (SSSR count). The molecule has 1 aromatic rings. The summed E-state index contributed by atoms with van der Waals surface area (Å²) in [5.41, 5.74) is -1.43. The summed E-state index contributed by atoms with van der Waals surface area (Å²) in [6.45, 7) is 1.22. The van der Waals surface area contributed by atoms with Crippen LogP contribution >= 0.6 is 11.8 Å². The molecule has 1 N–H and O–H groups in total. The Morgan fingerprint density at radius 2 is 2.05 bits per heavy atom. The quantitative estimate of drug-likeness (QED) is 0.283. The average Bonchev–Trinajstić information content (AvgIpc) is 2.31. The number of benzene rings is 1. The molecule has 0 radical (unpaired) electrons. The lowest BCUT2D eigenvalue weighted by atomic mass is 10.1. The Labute approximate surface area is 111 Å². The van der Waals surface area contributed by atoms with Crippen LogP contribution in [-0.2, 0) is 6.18 Å². The molecule has 0 aromatic heterocycles. The van der Waals surface area contributed by atoms with E-state index in [-0.39, 0.29) is 16.4 Å². The largest absolute Gasteiger partial charge is 0.416 e. The molecular weight excluding hydrogens is 282 g/mol. The second kappa shape index (κ2) is 5.93. The summed E-state index contributed by atoms with van der Waals surface area (Å²) in [5, 5.41) is 10.7. The van der Waals surface area contributed by atoms with Crippen LogP contribution in [0.2, 0.25) is 0 Å². The molecule has 0 aliphatic rings. The van der Waals surface area contributed by atoms with Crippen molar-refractivity contribution >= 4 is 22.6 Å². The first kappa shape index (κ1) is 15.3. The SMILES string of the molecule is CSC(=Nc1cc(C)c(C(F)(F)F)cc1F)NC#N. The number of nitrogens with zero attached hydrogens (tertiary/aromatic N) is 2. The molecule has 0 unspecified atom stereocenters. The van der Waals surface area contributed by atoms with Crippen LogP contribution in [0.1, 0.15) is 11.1 Å². The molecule has 0 spiro atoms. The molecule has 0 saturated heterocycles. The fourth-order valence-corrected chi connectivity index (χ4v) is 1.68. The molecule has 0 bridgehead atoms. The summed E-state index contributed by atoms with van der Waals surface area (Å²) in [4.78, 5) is 3.75. The number of alkyl halides is 3. The second-order valence-corrected chi connectivity index (χ2v) is 4.27. The minimum atomic E-state index is -4.61. The normalized spacial score (nSPS) is 12.2. The van der Waals surface area contributed by atoms with E-state index in [4.69, 9.17) is 5.26 Å². The Hall–Kier alpha value is -1.75. The predicted molar refractivity (Wildman–Crippen MR) is 65.5 cm³/mol. The van der Waals surface area contributed by atoms with Gasteiger partial charge in [-0.25, -0.2) is 9.38 Å². The first-order chi connectivity index (χ1) is 8.79. The highest BCUT2D eigenvalue weighted by atomic mass is 32.2. The Morgan fingerprint density at radius 1 is 1.42 bits per heavy atom. The minimum Gasteiger partial charge on any atom is -0.271 e. The van der Waals surface area contributed by atoms with Gasteiger partial charge in [0.2, 0.25) is 0 Å². The highest BCUT2D eigenvalue weighted by Gasteiger charge is 2.33. The standard InChI is InChI=1S/C11H9F4N3S/c1-6-3-9(18-10(19-2)17-5-16)8(12)4-7(6)11(13,14)15/h3-4H,1-2H3,(H,17,18). The summed E-state index contributed by atoms with van der Waals surface area (Å²) in [6, 6.07) is 1.39. The van der Waals surface area contributed by atoms with Crippen LogP contribution in [0, 0.1) is 24.2 Å². The van der Waals surface area contributed by atoms with Gasteiger partial charge in [0.05, 0.1) is 5.56 Å². The van der Waals surface area contributed by atoms with Gasteiger partial charge in [0.15, 0.2) is 11.4 Å². The zero-order chi connectivity index (χ0) is 14.6. The number of halogens is 4. The van der Waals surface area contributed by atoms with Crippen molar-refractivity contribution in [2.75, 3.05) is 6.26 Å². The van der Waals surface area contributed by atoms with Gasteiger partial charge in [0.1, 0.15) is 11.5 Å². The van der Waals surface area contributed by atoms with E-state index >= 15 is 0 Å². The van der Waals surface area contributed by atoms with Gasteiger partial charge >= 0.3 is 6.18 Å². The number of nitrogens with one attached hydrogen (secondary N) is 1. The molecule has 0 saturated carbocycles. The smallest absolute Gasteiger partial charge is 0.271 e. The molecule has 1 aromatic carbocycles. The van der Waals surface area contributed by atoms with Gasteiger partial charge in [-0.1, -0.05) is 11.8 Å². The first-order valence-electron chi connectivity index (χ1n) is 4.94. The highest BCUT2D eigenvalue weighted by Crippen LogP contribution is 2.35. The number of nitriles is 1. The Morgan fingerprint density at radius 3 is 2.53 bits per heavy atom. The maximum absolute atomic E-state index is 13.6. The van der Waals surface area contributed by atoms with Crippen LogP contribution in [0.25, 0.3) is 0 Å². The maximum atomic E-state index is 13.6. The minimum absolute atomic E-state index is 0.0977. The van der Waals surface area contributed by atoms with Crippen molar-refractivity contribution in [2.24, 2.45) is 4.99 Å². The molecule has 0 atom stereocenters. The van der Waals surface area contributed by atoms with Crippen LogP contribution in [0.4, 0.5) is 23.2 Å². The summed E-state index contributed by atoms with van der Waals surface area (Å²) >= 11 is 1.04. The van der Waals surface area contributed by atoms with Gasteiger partial charge in [0.25, 0.3) is 0 Å². The Balaban J connectivity index is 3.27. The van der Waals surface area contributed by atoms with E-state index in [2.05, 4.69) is 10.3 Å². The van der Waals surface area contributed by atoms with E-state index < -0.39 is 17.6 Å². The molecule has 0 amide bonds. The van der Waals surface area contributed by atoms with Crippen LogP contribution in [0.15, 0.2) is 17.1 Å². The van der Waals surface area contributed by atoms with Gasteiger partial charge in [-0.15, -0.1) is 0 Å². The van der Waals surface area contributed by atoms with E-state index in [9.17, 15) is 17.6 Å². The lowest BCUT2D eigenvalue weighted by molar-refractivity contribution is -0.138. The van der Waals surface area contributed by atoms with E-state index in [0.717, 1.165) is 17.8 Å². The first-order valence-corrected chi connectivity index (χ1v) is 6.17. The van der Waals surface area contributed by atoms with Crippen molar-refractivity contribution in [3.05, 3.63) is 29.1 Å². The van der Waals surface area contributed by atoms with E-state index in [1.54, 1.807) is 12.4 Å². The Kier molecular flexibility index (Phi) is 4.78. The van der Waals surface area contributed by atoms with Crippen LogP contribution in [0.3, 0.4) is 0 Å². The summed E-state index contributed by atoms with van der Waals surface area (Å²) in [6.07, 6.45) is -1.41. The fourth-order valence-electron chi connectivity index (χ4n) is 1.34. The van der Waals surface area contributed by atoms with Gasteiger partial charge in [0, 0.05) is 0 Å². The summed E-state index contributed by atoms with van der Waals surface area (Å²) in [7, 11) is 0. The van der Waals surface area contributed by atoms with Crippen LogP contribution in [-0.4, -0.2) is 11.4 Å². The Bertz CT molecular complexity index is 546. The fraction of sp³-hybridized carbons (Fsp3) is 0.273. The molecule has 0 heterocycles. The zero-order valence-corrected chi connectivity index (χ0v) is 10.8. The van der Waals surface area contributed by atoms with Crippen molar-refractivity contribution in [1.82, 2.24) is 5.32 Å². The van der Waals surface area contributed by atoms with Crippen molar-refractivity contribution in [3.8, 4) is 6.19 Å².